The first-order valence-electron chi connectivity index (χ1n) is 4.85. The minimum absolute atomic E-state index is 0.273. The predicted molar refractivity (Wildman–Crippen MR) is 51.3 cm³/mol. The molecule has 0 N–H and O–H groups in total. The summed E-state index contributed by atoms with van der Waals surface area (Å²) in [6.07, 6.45) is 1.67. The summed E-state index contributed by atoms with van der Waals surface area (Å²) in [6, 6.07) is 0. The Morgan fingerprint density at radius 3 is 1.69 bits per heavy atom. The number of hydrogen-bond acceptors (Lipinski definition) is 0. The van der Waals surface area contributed by atoms with E-state index in [2.05, 4.69) is 0 Å². The van der Waals surface area contributed by atoms with E-state index < -0.39 is 34.5 Å². The second-order valence-corrected chi connectivity index (χ2v) is 3.33. The van der Waals surface area contributed by atoms with Crippen LogP contribution in [0.5, 0.6) is 0 Å². The third-order valence-electron chi connectivity index (χ3n) is 2.15. The van der Waals surface area contributed by atoms with E-state index in [0.717, 1.165) is 13.7 Å². The van der Waals surface area contributed by atoms with Gasteiger partial charge in [-0.3, -0.25) is 0 Å². The Morgan fingerprint density at radius 1 is 0.812 bits per heavy atom. The molecule has 87 valence electrons. The fraction of sp³-hybridized carbons (Fsp3) is 0.400. The number of unbranched alkanes of at least 4 members (excludes halogenated alkanes) is 1. The molecular weight excluding hydrogens is 226 g/mol. The van der Waals surface area contributed by atoms with Gasteiger partial charge < -0.3 is 0 Å². The number of hydrogen-bond donors (Lipinski definition) is 0. The molecule has 0 saturated carbocycles. The quantitative estimate of drug-likeness (QED) is 0.247. The second-order valence-electron chi connectivity index (χ2n) is 3.33. The van der Waals surface area contributed by atoms with E-state index in [1.807, 2.05) is 6.92 Å². The molecule has 0 amide bonds. The van der Waals surface area contributed by atoms with Crippen molar-refractivity contribution in [2.75, 3.05) is 0 Å². The highest BCUT2D eigenvalue weighted by atomic mass is 19.2. The summed E-state index contributed by atoms with van der Waals surface area (Å²) in [6.45, 7) is 1.85. The molecular formula is C10H9BF5. The molecule has 0 aromatic heterocycles. The van der Waals surface area contributed by atoms with Crippen LogP contribution in [-0.4, -0.2) is 7.28 Å². The summed E-state index contributed by atoms with van der Waals surface area (Å²) in [7, 11) is 1.03. The molecule has 0 bridgehead atoms. The van der Waals surface area contributed by atoms with E-state index in [1.165, 1.54) is 0 Å². The highest BCUT2D eigenvalue weighted by Gasteiger charge is 2.24. The molecule has 0 aliphatic heterocycles. The summed E-state index contributed by atoms with van der Waals surface area (Å²) in [5.41, 5.74) is -0.843. The first-order valence-corrected chi connectivity index (χ1v) is 4.85. The summed E-state index contributed by atoms with van der Waals surface area (Å²) < 4.78 is 64.3. The third kappa shape index (κ3) is 2.36. The summed E-state index contributed by atoms with van der Waals surface area (Å²) >= 11 is 0. The number of rotatable bonds is 4. The van der Waals surface area contributed by atoms with Gasteiger partial charge in [-0.2, -0.15) is 0 Å². The van der Waals surface area contributed by atoms with E-state index in [0.29, 0.717) is 6.42 Å². The minimum atomic E-state index is -2.12. The molecule has 0 fully saturated rings. The van der Waals surface area contributed by atoms with Crippen LogP contribution < -0.4 is 5.46 Å². The Labute approximate surface area is 90.7 Å². The van der Waals surface area contributed by atoms with Crippen LogP contribution in [0.4, 0.5) is 22.0 Å². The fourth-order valence-electron chi connectivity index (χ4n) is 1.25. The first-order chi connectivity index (χ1) is 7.50. The van der Waals surface area contributed by atoms with Gasteiger partial charge in [-0.1, -0.05) is 26.1 Å². The van der Waals surface area contributed by atoms with Gasteiger partial charge in [0.25, 0.3) is 0 Å². The Hall–Kier alpha value is -1.07. The van der Waals surface area contributed by atoms with Crippen LogP contribution in [0.1, 0.15) is 19.8 Å². The van der Waals surface area contributed by atoms with Crippen molar-refractivity contribution in [3.8, 4) is 0 Å². The maximum atomic E-state index is 13.1. The molecule has 0 aliphatic carbocycles. The maximum Gasteiger partial charge on any atom is 0.200 e. The van der Waals surface area contributed by atoms with Crippen molar-refractivity contribution in [2.45, 2.75) is 26.1 Å². The van der Waals surface area contributed by atoms with Gasteiger partial charge in [-0.25, -0.2) is 22.0 Å². The lowest BCUT2D eigenvalue weighted by Crippen LogP contribution is -2.27. The van der Waals surface area contributed by atoms with Gasteiger partial charge >= 0.3 is 0 Å². The number of halogens is 5. The largest absolute Gasteiger partial charge is 0.204 e. The lowest BCUT2D eigenvalue weighted by Gasteiger charge is -2.06. The molecule has 1 aromatic carbocycles. The van der Waals surface area contributed by atoms with E-state index >= 15 is 0 Å². The maximum absolute atomic E-state index is 13.1. The smallest absolute Gasteiger partial charge is 0.200 e. The van der Waals surface area contributed by atoms with Crippen molar-refractivity contribution in [2.24, 2.45) is 0 Å². The normalized spacial score (nSPS) is 10.6. The molecule has 0 atom stereocenters. The zero-order valence-corrected chi connectivity index (χ0v) is 8.59. The molecule has 0 unspecified atom stereocenters. The summed E-state index contributed by atoms with van der Waals surface area (Å²) in [5, 5.41) is 0. The van der Waals surface area contributed by atoms with Crippen LogP contribution in [-0.2, 0) is 0 Å². The zero-order valence-electron chi connectivity index (χ0n) is 8.59. The van der Waals surface area contributed by atoms with E-state index in [1.54, 1.807) is 0 Å². The van der Waals surface area contributed by atoms with Crippen molar-refractivity contribution in [3.05, 3.63) is 29.1 Å². The van der Waals surface area contributed by atoms with Gasteiger partial charge in [0.1, 0.15) is 0 Å². The van der Waals surface area contributed by atoms with Crippen molar-refractivity contribution >= 4 is 12.7 Å². The van der Waals surface area contributed by atoms with Crippen LogP contribution in [0.2, 0.25) is 6.32 Å². The Bertz CT molecular complexity index is 362. The second kappa shape index (κ2) is 5.32. The van der Waals surface area contributed by atoms with Gasteiger partial charge in [0.2, 0.25) is 0 Å². The fourth-order valence-corrected chi connectivity index (χ4v) is 1.25. The van der Waals surface area contributed by atoms with Crippen molar-refractivity contribution < 1.29 is 22.0 Å². The van der Waals surface area contributed by atoms with Crippen LogP contribution in [0.25, 0.3) is 0 Å². The van der Waals surface area contributed by atoms with Crippen LogP contribution >= 0.6 is 0 Å². The molecule has 0 saturated heterocycles. The van der Waals surface area contributed by atoms with Gasteiger partial charge in [0, 0.05) is 0 Å². The topological polar surface area (TPSA) is 0 Å². The molecule has 0 heterocycles. The predicted octanol–water partition coefficient (Wildman–Crippen LogP) is 2.93. The van der Waals surface area contributed by atoms with E-state index in [9.17, 15) is 22.0 Å². The highest BCUT2D eigenvalue weighted by molar-refractivity contribution is 6.53. The highest BCUT2D eigenvalue weighted by Crippen LogP contribution is 2.16. The standard InChI is InChI=1S/C10H9BF5/c1-2-3-4-11-5-6(12)8(14)10(16)9(15)7(5)13/h2-4H2,1H3. The molecule has 0 nitrogen and oxygen atoms in total. The van der Waals surface area contributed by atoms with E-state index in [-0.39, 0.29) is 6.32 Å². The zero-order chi connectivity index (χ0) is 12.3. The third-order valence-corrected chi connectivity index (χ3v) is 2.15. The molecule has 6 heteroatoms. The summed E-state index contributed by atoms with van der Waals surface area (Å²) in [5.74, 6) is -9.47. The van der Waals surface area contributed by atoms with E-state index in [4.69, 9.17) is 0 Å². The molecule has 0 spiro atoms. The molecule has 0 aliphatic rings. The minimum Gasteiger partial charge on any atom is -0.204 e. The molecule has 1 rings (SSSR count). The number of benzene rings is 1. The lowest BCUT2D eigenvalue weighted by molar-refractivity contribution is 0.384. The average molecular weight is 235 g/mol. The van der Waals surface area contributed by atoms with Crippen molar-refractivity contribution in [1.82, 2.24) is 0 Å². The van der Waals surface area contributed by atoms with Gasteiger partial charge in [0.05, 0.1) is 0 Å². The monoisotopic (exact) mass is 235 g/mol. The SMILES string of the molecule is CCCC[B]c1c(F)c(F)c(F)c(F)c1F. The van der Waals surface area contributed by atoms with Crippen LogP contribution in [0.15, 0.2) is 0 Å². The van der Waals surface area contributed by atoms with Crippen LogP contribution in [0, 0.1) is 29.1 Å². The Kier molecular flexibility index (Phi) is 4.32. The van der Waals surface area contributed by atoms with Crippen LogP contribution in [0.3, 0.4) is 0 Å². The summed E-state index contributed by atoms with van der Waals surface area (Å²) in [4.78, 5) is 0. The van der Waals surface area contributed by atoms with Gasteiger partial charge in [-0.05, 0) is 5.46 Å². The van der Waals surface area contributed by atoms with Crippen molar-refractivity contribution in [1.29, 1.82) is 0 Å². The van der Waals surface area contributed by atoms with Crippen molar-refractivity contribution in [3.63, 3.8) is 0 Å². The lowest BCUT2D eigenvalue weighted by atomic mass is 9.65. The molecule has 16 heavy (non-hydrogen) atoms. The Morgan fingerprint density at radius 2 is 1.25 bits per heavy atom. The Balaban J connectivity index is 3.08. The molecule has 1 aromatic rings. The average Bonchev–Trinajstić information content (AvgIpc) is 2.28. The van der Waals surface area contributed by atoms with Gasteiger partial charge in [-0.15, -0.1) is 0 Å². The van der Waals surface area contributed by atoms with Gasteiger partial charge in [0.15, 0.2) is 36.4 Å². The first kappa shape index (κ1) is 13.0. The molecule has 1 radical (unpaired) electrons.